The van der Waals surface area contributed by atoms with Crippen molar-refractivity contribution in [3.63, 3.8) is 0 Å². The van der Waals surface area contributed by atoms with Gasteiger partial charge in [-0.15, -0.1) is 0 Å². The number of rotatable bonds is 7. The van der Waals surface area contributed by atoms with Crippen molar-refractivity contribution in [1.82, 2.24) is 10.6 Å². The number of benzene rings is 2. The lowest BCUT2D eigenvalue weighted by molar-refractivity contribution is -0.141. The molecule has 5 heteroatoms. The lowest BCUT2D eigenvalue weighted by atomic mass is 9.91. The van der Waals surface area contributed by atoms with Gasteiger partial charge in [-0.1, -0.05) is 42.0 Å². The molecular formula is C21H25FN2O2. The maximum Gasteiger partial charge on any atom is 0.235 e. The first-order valence-corrected chi connectivity index (χ1v) is 8.65. The van der Waals surface area contributed by atoms with E-state index in [9.17, 15) is 14.0 Å². The summed E-state index contributed by atoms with van der Waals surface area (Å²) >= 11 is 0. The first kappa shape index (κ1) is 19.6. The summed E-state index contributed by atoms with van der Waals surface area (Å²) in [4.78, 5) is 24.8. The molecule has 0 aliphatic carbocycles. The molecule has 0 atom stereocenters. The number of nitrogens with one attached hydrogen (secondary N) is 2. The van der Waals surface area contributed by atoms with E-state index in [-0.39, 0.29) is 17.6 Å². The minimum Gasteiger partial charge on any atom is -0.355 e. The van der Waals surface area contributed by atoms with Gasteiger partial charge in [0.2, 0.25) is 11.8 Å². The first-order valence-electron chi connectivity index (χ1n) is 8.65. The van der Waals surface area contributed by atoms with Gasteiger partial charge in [-0.05, 0) is 50.5 Å². The Balaban J connectivity index is 1.83. The van der Waals surface area contributed by atoms with Crippen LogP contribution in [0.2, 0.25) is 0 Å². The molecule has 138 valence electrons. The van der Waals surface area contributed by atoms with E-state index in [1.807, 2.05) is 31.2 Å². The molecule has 0 bridgehead atoms. The molecule has 2 aromatic rings. The standard InChI is InChI=1S/C21H25FN2O2/c1-15-5-4-6-17(13-15)14-24-20(26)21(2,3)19(25)23-12-11-16-7-9-18(22)10-8-16/h4-10,13H,11-12,14H2,1-3H3,(H,23,25)(H,24,26). The highest BCUT2D eigenvalue weighted by molar-refractivity contribution is 6.04. The summed E-state index contributed by atoms with van der Waals surface area (Å²) in [5.74, 6) is -0.941. The predicted molar refractivity (Wildman–Crippen MR) is 99.9 cm³/mol. The average Bonchev–Trinajstić information content (AvgIpc) is 2.61. The van der Waals surface area contributed by atoms with Crippen molar-refractivity contribution in [3.05, 3.63) is 71.0 Å². The van der Waals surface area contributed by atoms with Crippen molar-refractivity contribution in [2.75, 3.05) is 6.54 Å². The van der Waals surface area contributed by atoms with Crippen LogP contribution in [-0.4, -0.2) is 18.4 Å². The molecule has 0 radical (unpaired) electrons. The van der Waals surface area contributed by atoms with Gasteiger partial charge in [-0.3, -0.25) is 9.59 Å². The number of hydrogen-bond acceptors (Lipinski definition) is 2. The van der Waals surface area contributed by atoms with Crippen molar-refractivity contribution >= 4 is 11.8 Å². The van der Waals surface area contributed by atoms with Gasteiger partial charge in [0.15, 0.2) is 0 Å². The van der Waals surface area contributed by atoms with E-state index < -0.39 is 5.41 Å². The normalized spacial score (nSPS) is 11.1. The summed E-state index contributed by atoms with van der Waals surface area (Å²) in [5.41, 5.74) is 1.86. The summed E-state index contributed by atoms with van der Waals surface area (Å²) in [5, 5.41) is 5.60. The Morgan fingerprint density at radius 3 is 2.27 bits per heavy atom. The number of aryl methyl sites for hydroxylation is 1. The summed E-state index contributed by atoms with van der Waals surface area (Å²) in [6.45, 7) is 5.97. The molecule has 0 saturated heterocycles. The van der Waals surface area contributed by atoms with Crippen LogP contribution in [0.4, 0.5) is 4.39 Å². The Morgan fingerprint density at radius 1 is 0.962 bits per heavy atom. The Hall–Kier alpha value is -2.69. The van der Waals surface area contributed by atoms with Crippen LogP contribution in [0, 0.1) is 18.2 Å². The fourth-order valence-electron chi connectivity index (χ4n) is 2.52. The van der Waals surface area contributed by atoms with Crippen LogP contribution in [-0.2, 0) is 22.6 Å². The largest absolute Gasteiger partial charge is 0.355 e. The third-order valence-electron chi connectivity index (χ3n) is 4.28. The molecule has 2 amide bonds. The topological polar surface area (TPSA) is 58.2 Å². The van der Waals surface area contributed by atoms with Gasteiger partial charge in [0.1, 0.15) is 11.2 Å². The summed E-state index contributed by atoms with van der Waals surface area (Å²) in [7, 11) is 0. The van der Waals surface area contributed by atoms with Gasteiger partial charge in [-0.2, -0.15) is 0 Å². The van der Waals surface area contributed by atoms with Crippen LogP contribution in [0.15, 0.2) is 48.5 Å². The minimum absolute atomic E-state index is 0.288. The number of halogens is 1. The van der Waals surface area contributed by atoms with Gasteiger partial charge in [0, 0.05) is 13.1 Å². The number of hydrogen-bond donors (Lipinski definition) is 2. The molecule has 0 aromatic heterocycles. The molecule has 2 N–H and O–H groups in total. The van der Waals surface area contributed by atoms with Gasteiger partial charge in [0.25, 0.3) is 0 Å². The van der Waals surface area contributed by atoms with Crippen molar-refractivity contribution in [3.8, 4) is 0 Å². The second kappa shape index (κ2) is 8.61. The second-order valence-electron chi connectivity index (χ2n) is 6.93. The third-order valence-corrected chi connectivity index (χ3v) is 4.28. The van der Waals surface area contributed by atoms with Crippen LogP contribution < -0.4 is 10.6 Å². The van der Waals surface area contributed by atoms with Crippen LogP contribution in [0.25, 0.3) is 0 Å². The second-order valence-corrected chi connectivity index (χ2v) is 6.93. The maximum atomic E-state index is 12.9. The molecule has 2 aromatic carbocycles. The molecule has 0 aliphatic rings. The molecule has 0 heterocycles. The van der Waals surface area contributed by atoms with Gasteiger partial charge < -0.3 is 10.6 Å². The maximum absolute atomic E-state index is 12.9. The Bertz CT molecular complexity index is 770. The van der Waals surface area contributed by atoms with E-state index in [1.54, 1.807) is 26.0 Å². The van der Waals surface area contributed by atoms with E-state index in [0.717, 1.165) is 16.7 Å². The van der Waals surface area contributed by atoms with E-state index in [1.165, 1.54) is 12.1 Å². The van der Waals surface area contributed by atoms with E-state index >= 15 is 0 Å². The monoisotopic (exact) mass is 356 g/mol. The van der Waals surface area contributed by atoms with Crippen molar-refractivity contribution in [2.45, 2.75) is 33.7 Å². The zero-order chi connectivity index (χ0) is 19.2. The highest BCUT2D eigenvalue weighted by Gasteiger charge is 2.35. The quantitative estimate of drug-likeness (QED) is 0.749. The minimum atomic E-state index is -1.17. The SMILES string of the molecule is Cc1cccc(CNC(=O)C(C)(C)C(=O)NCCc2ccc(F)cc2)c1. The molecule has 26 heavy (non-hydrogen) atoms. The van der Waals surface area contributed by atoms with E-state index in [4.69, 9.17) is 0 Å². The zero-order valence-electron chi connectivity index (χ0n) is 15.4. The lowest BCUT2D eigenvalue weighted by Crippen LogP contribution is -2.48. The van der Waals surface area contributed by atoms with Crippen molar-refractivity contribution < 1.29 is 14.0 Å². The summed E-state index contributed by atoms with van der Waals surface area (Å²) in [6, 6.07) is 14.0. The first-order chi connectivity index (χ1) is 12.3. The van der Waals surface area contributed by atoms with Crippen LogP contribution in [0.3, 0.4) is 0 Å². The fraction of sp³-hybridized carbons (Fsp3) is 0.333. The average molecular weight is 356 g/mol. The van der Waals surface area contributed by atoms with Gasteiger partial charge in [-0.25, -0.2) is 4.39 Å². The van der Waals surface area contributed by atoms with Crippen LogP contribution >= 0.6 is 0 Å². The molecule has 0 fully saturated rings. The van der Waals surface area contributed by atoms with Gasteiger partial charge >= 0.3 is 0 Å². The van der Waals surface area contributed by atoms with Crippen molar-refractivity contribution in [1.29, 1.82) is 0 Å². The molecule has 2 rings (SSSR count). The van der Waals surface area contributed by atoms with Crippen LogP contribution in [0.5, 0.6) is 0 Å². The fourth-order valence-corrected chi connectivity index (χ4v) is 2.52. The van der Waals surface area contributed by atoms with E-state index in [0.29, 0.717) is 19.5 Å². The van der Waals surface area contributed by atoms with Crippen molar-refractivity contribution in [2.24, 2.45) is 5.41 Å². The van der Waals surface area contributed by atoms with E-state index in [2.05, 4.69) is 10.6 Å². The molecule has 0 saturated carbocycles. The number of carbonyl (C=O) groups excluding carboxylic acids is 2. The Kier molecular flexibility index (Phi) is 6.50. The molecular weight excluding hydrogens is 331 g/mol. The number of carbonyl (C=O) groups is 2. The highest BCUT2D eigenvalue weighted by Crippen LogP contribution is 2.16. The predicted octanol–water partition coefficient (Wildman–Crippen LogP) is 3.14. The third kappa shape index (κ3) is 5.41. The lowest BCUT2D eigenvalue weighted by Gasteiger charge is -2.23. The smallest absolute Gasteiger partial charge is 0.235 e. The molecule has 4 nitrogen and oxygen atoms in total. The Morgan fingerprint density at radius 2 is 1.62 bits per heavy atom. The molecule has 0 spiro atoms. The Labute approximate surface area is 153 Å². The van der Waals surface area contributed by atoms with Crippen LogP contribution in [0.1, 0.15) is 30.5 Å². The summed E-state index contributed by atoms with van der Waals surface area (Å²) < 4.78 is 12.9. The summed E-state index contributed by atoms with van der Waals surface area (Å²) in [6.07, 6.45) is 0.576. The molecule has 0 aliphatic heterocycles. The van der Waals surface area contributed by atoms with Gasteiger partial charge in [0.05, 0.1) is 0 Å². The highest BCUT2D eigenvalue weighted by atomic mass is 19.1. The number of amides is 2. The zero-order valence-corrected chi connectivity index (χ0v) is 15.4. The molecule has 0 unspecified atom stereocenters.